The van der Waals surface area contributed by atoms with Gasteiger partial charge in [-0.1, -0.05) is 26.0 Å². The van der Waals surface area contributed by atoms with Gasteiger partial charge in [0.25, 0.3) is 0 Å². The summed E-state index contributed by atoms with van der Waals surface area (Å²) in [6.07, 6.45) is 1.11. The van der Waals surface area contributed by atoms with Crippen LogP contribution in [0.1, 0.15) is 25.8 Å². The first-order valence-corrected chi connectivity index (χ1v) is 4.97. The lowest BCUT2D eigenvalue weighted by Gasteiger charge is -2.20. The van der Waals surface area contributed by atoms with E-state index in [1.165, 1.54) is 17.7 Å². The Hall–Kier alpha value is -0.890. The molecule has 1 aromatic rings. The van der Waals surface area contributed by atoms with E-state index < -0.39 is 0 Å². The molecule has 2 rings (SSSR count). The van der Waals surface area contributed by atoms with Crippen molar-refractivity contribution >= 4 is 0 Å². The molecule has 0 spiro atoms. The van der Waals surface area contributed by atoms with E-state index in [9.17, 15) is 4.39 Å². The van der Waals surface area contributed by atoms with Crippen molar-refractivity contribution in [1.82, 2.24) is 5.32 Å². The lowest BCUT2D eigenvalue weighted by Crippen LogP contribution is -2.29. The third-order valence-electron chi connectivity index (χ3n) is 3.50. The molecule has 1 fully saturated rings. The van der Waals surface area contributed by atoms with Crippen LogP contribution in [0.5, 0.6) is 0 Å². The van der Waals surface area contributed by atoms with Gasteiger partial charge in [-0.05, 0) is 36.6 Å². The fraction of sp³-hybridized carbons (Fsp3) is 0.500. The van der Waals surface area contributed by atoms with E-state index >= 15 is 0 Å². The molecular formula is C12H16FN. The van der Waals surface area contributed by atoms with E-state index in [2.05, 4.69) is 19.2 Å². The zero-order valence-electron chi connectivity index (χ0n) is 8.89. The van der Waals surface area contributed by atoms with Crippen LogP contribution in [0, 0.1) is 11.2 Å². The van der Waals surface area contributed by atoms with Crippen LogP contribution >= 0.6 is 0 Å². The Balaban J connectivity index is 2.36. The van der Waals surface area contributed by atoms with Crippen molar-refractivity contribution in [3.05, 3.63) is 35.6 Å². The smallest absolute Gasteiger partial charge is 0.123 e. The van der Waals surface area contributed by atoms with Gasteiger partial charge < -0.3 is 5.32 Å². The number of hydrogen-bond donors (Lipinski definition) is 1. The van der Waals surface area contributed by atoms with Crippen LogP contribution in [0.3, 0.4) is 0 Å². The van der Waals surface area contributed by atoms with Gasteiger partial charge in [0.15, 0.2) is 0 Å². The fourth-order valence-corrected chi connectivity index (χ4v) is 2.42. The molecule has 1 atom stereocenters. The maximum atomic E-state index is 12.8. The summed E-state index contributed by atoms with van der Waals surface area (Å²) >= 11 is 0. The molecule has 0 aliphatic heterocycles. The zero-order chi connectivity index (χ0) is 10.4. The molecule has 1 nitrogen and oxygen atoms in total. The van der Waals surface area contributed by atoms with Crippen molar-refractivity contribution < 1.29 is 4.39 Å². The molecule has 0 aromatic heterocycles. The molecule has 14 heavy (non-hydrogen) atoms. The molecular weight excluding hydrogens is 177 g/mol. The van der Waals surface area contributed by atoms with Crippen LogP contribution in [-0.2, 0) is 5.54 Å². The SMILES string of the molecule is CNC1(c2ccc(F)cc2)CC1(C)C. The molecule has 0 bridgehead atoms. The first kappa shape index (κ1) is 9.66. The average Bonchev–Trinajstić information content (AvgIpc) is 2.71. The maximum Gasteiger partial charge on any atom is 0.123 e. The van der Waals surface area contributed by atoms with Crippen LogP contribution in [0.4, 0.5) is 4.39 Å². The second-order valence-electron chi connectivity index (χ2n) is 4.72. The van der Waals surface area contributed by atoms with Gasteiger partial charge in [0.1, 0.15) is 5.82 Å². The summed E-state index contributed by atoms with van der Waals surface area (Å²) in [6.45, 7) is 4.46. The predicted octanol–water partition coefficient (Wildman–Crippen LogP) is 2.67. The Morgan fingerprint density at radius 3 is 2.07 bits per heavy atom. The summed E-state index contributed by atoms with van der Waals surface area (Å²) in [5, 5.41) is 3.36. The van der Waals surface area contributed by atoms with Crippen molar-refractivity contribution in [2.75, 3.05) is 7.05 Å². The second-order valence-corrected chi connectivity index (χ2v) is 4.72. The molecule has 1 aromatic carbocycles. The van der Waals surface area contributed by atoms with Gasteiger partial charge >= 0.3 is 0 Å². The molecule has 1 N–H and O–H groups in total. The van der Waals surface area contributed by atoms with Gasteiger partial charge in [-0.3, -0.25) is 0 Å². The van der Waals surface area contributed by atoms with E-state index in [0.717, 1.165) is 6.42 Å². The number of benzene rings is 1. The Bertz CT molecular complexity index is 342. The molecule has 1 unspecified atom stereocenters. The number of rotatable bonds is 2. The highest BCUT2D eigenvalue weighted by atomic mass is 19.1. The van der Waals surface area contributed by atoms with Crippen LogP contribution < -0.4 is 5.32 Å². The van der Waals surface area contributed by atoms with E-state index in [4.69, 9.17) is 0 Å². The molecule has 1 saturated carbocycles. The topological polar surface area (TPSA) is 12.0 Å². The van der Waals surface area contributed by atoms with E-state index in [1.807, 2.05) is 19.2 Å². The molecule has 1 aliphatic carbocycles. The highest BCUT2D eigenvalue weighted by molar-refractivity contribution is 5.35. The molecule has 2 heteroatoms. The average molecular weight is 193 g/mol. The standard InChI is InChI=1S/C12H16FN/c1-11(2)8-12(11,14-3)9-4-6-10(13)7-5-9/h4-7,14H,8H2,1-3H3. The Morgan fingerprint density at radius 1 is 1.21 bits per heavy atom. The van der Waals surface area contributed by atoms with E-state index in [0.29, 0.717) is 0 Å². The Labute approximate surface area is 84.3 Å². The summed E-state index contributed by atoms with van der Waals surface area (Å²) in [7, 11) is 1.97. The summed E-state index contributed by atoms with van der Waals surface area (Å²) in [5.74, 6) is -0.168. The summed E-state index contributed by atoms with van der Waals surface area (Å²) in [6, 6.07) is 6.81. The van der Waals surface area contributed by atoms with Gasteiger partial charge in [-0.2, -0.15) is 0 Å². The van der Waals surface area contributed by atoms with Crippen LogP contribution in [0.25, 0.3) is 0 Å². The first-order valence-electron chi connectivity index (χ1n) is 4.97. The summed E-state index contributed by atoms with van der Waals surface area (Å²) < 4.78 is 12.8. The normalized spacial score (nSPS) is 28.9. The third-order valence-corrected chi connectivity index (χ3v) is 3.50. The number of halogens is 1. The van der Waals surface area contributed by atoms with Gasteiger partial charge in [-0.25, -0.2) is 4.39 Å². The monoisotopic (exact) mass is 193 g/mol. The van der Waals surface area contributed by atoms with Gasteiger partial charge in [0.2, 0.25) is 0 Å². The second kappa shape index (κ2) is 2.80. The van der Waals surface area contributed by atoms with Crippen LogP contribution in [-0.4, -0.2) is 7.05 Å². The van der Waals surface area contributed by atoms with E-state index in [1.54, 1.807) is 0 Å². The largest absolute Gasteiger partial charge is 0.310 e. The minimum absolute atomic E-state index is 0.0562. The van der Waals surface area contributed by atoms with Crippen molar-refractivity contribution in [2.24, 2.45) is 5.41 Å². The first-order chi connectivity index (χ1) is 6.52. The Kier molecular flexibility index (Phi) is 1.93. The molecule has 76 valence electrons. The van der Waals surface area contributed by atoms with Crippen molar-refractivity contribution in [3.63, 3.8) is 0 Å². The van der Waals surface area contributed by atoms with Crippen molar-refractivity contribution in [3.8, 4) is 0 Å². The molecule has 0 heterocycles. The van der Waals surface area contributed by atoms with Crippen LogP contribution in [0.2, 0.25) is 0 Å². The number of hydrogen-bond acceptors (Lipinski definition) is 1. The fourth-order valence-electron chi connectivity index (χ4n) is 2.42. The third kappa shape index (κ3) is 1.17. The molecule has 0 radical (unpaired) electrons. The van der Waals surface area contributed by atoms with Gasteiger partial charge in [0.05, 0.1) is 0 Å². The predicted molar refractivity (Wildman–Crippen MR) is 55.5 cm³/mol. The highest BCUT2D eigenvalue weighted by Crippen LogP contribution is 2.61. The maximum absolute atomic E-state index is 12.8. The van der Waals surface area contributed by atoms with Crippen molar-refractivity contribution in [1.29, 1.82) is 0 Å². The molecule has 1 aliphatic rings. The summed E-state index contributed by atoms with van der Waals surface area (Å²) in [4.78, 5) is 0. The van der Waals surface area contributed by atoms with Gasteiger partial charge in [0, 0.05) is 5.54 Å². The minimum Gasteiger partial charge on any atom is -0.310 e. The summed E-state index contributed by atoms with van der Waals surface area (Å²) in [5.41, 5.74) is 1.52. The van der Waals surface area contributed by atoms with Crippen molar-refractivity contribution in [2.45, 2.75) is 25.8 Å². The highest BCUT2D eigenvalue weighted by Gasteiger charge is 2.61. The molecule has 0 amide bonds. The van der Waals surface area contributed by atoms with Gasteiger partial charge in [-0.15, -0.1) is 0 Å². The quantitative estimate of drug-likeness (QED) is 0.761. The lowest BCUT2D eigenvalue weighted by molar-refractivity contribution is 0.440. The van der Waals surface area contributed by atoms with E-state index in [-0.39, 0.29) is 16.8 Å². The lowest BCUT2D eigenvalue weighted by atomic mass is 9.96. The van der Waals surface area contributed by atoms with Crippen LogP contribution in [0.15, 0.2) is 24.3 Å². The number of nitrogens with one attached hydrogen (secondary N) is 1. The minimum atomic E-state index is -0.168. The zero-order valence-corrected chi connectivity index (χ0v) is 8.89. The Morgan fingerprint density at radius 2 is 1.71 bits per heavy atom. The molecule has 0 saturated heterocycles.